The highest BCUT2D eigenvalue weighted by molar-refractivity contribution is 7.10. The van der Waals surface area contributed by atoms with Gasteiger partial charge in [-0.25, -0.2) is 4.79 Å². The second kappa shape index (κ2) is 11.3. The molecule has 0 radical (unpaired) electrons. The Bertz CT molecular complexity index is 1100. The maximum Gasteiger partial charge on any atom is 0.346 e. The Labute approximate surface area is 196 Å². The fourth-order valence-electron chi connectivity index (χ4n) is 3.16. The van der Waals surface area contributed by atoms with Crippen LogP contribution in [0.4, 0.5) is 5.00 Å². The number of methoxy groups -OCH3 is 5. The number of esters is 1. The molecule has 10 heteroatoms. The van der Waals surface area contributed by atoms with E-state index in [1.165, 1.54) is 7.11 Å². The molecule has 0 saturated carbocycles. The van der Waals surface area contributed by atoms with Gasteiger partial charge < -0.3 is 33.7 Å². The summed E-state index contributed by atoms with van der Waals surface area (Å²) in [6.45, 7) is 0.516. The first kappa shape index (κ1) is 24.0. The molecule has 1 heterocycles. The van der Waals surface area contributed by atoms with Gasteiger partial charge in [0, 0.05) is 23.7 Å². The summed E-state index contributed by atoms with van der Waals surface area (Å²) >= 11 is 1.10. The Morgan fingerprint density at radius 2 is 1.73 bits per heavy atom. The van der Waals surface area contributed by atoms with Gasteiger partial charge in [-0.2, -0.15) is 4.37 Å². The summed E-state index contributed by atoms with van der Waals surface area (Å²) in [7, 11) is 7.61. The highest BCUT2D eigenvalue weighted by Gasteiger charge is 2.24. The molecule has 0 aliphatic rings. The number of hydrogen-bond donors (Lipinski definition) is 1. The van der Waals surface area contributed by atoms with Crippen LogP contribution in [0, 0.1) is 0 Å². The van der Waals surface area contributed by atoms with Crippen LogP contribution in [0.15, 0.2) is 36.4 Å². The Balaban J connectivity index is 1.81. The lowest BCUT2D eigenvalue weighted by molar-refractivity contribution is 0.0596. The Kier molecular flexibility index (Phi) is 8.20. The summed E-state index contributed by atoms with van der Waals surface area (Å²) in [5.41, 5.74) is 1.85. The summed E-state index contributed by atoms with van der Waals surface area (Å²) in [6, 6.07) is 11.0. The topological polar surface area (TPSA) is 97.4 Å². The highest BCUT2D eigenvalue weighted by Crippen LogP contribution is 2.35. The van der Waals surface area contributed by atoms with Gasteiger partial charge in [0.1, 0.15) is 23.1 Å². The largest absolute Gasteiger partial charge is 0.497 e. The molecule has 1 aromatic heterocycles. The van der Waals surface area contributed by atoms with Crippen LogP contribution in [0.1, 0.15) is 21.5 Å². The lowest BCUT2D eigenvalue weighted by Gasteiger charge is -2.13. The molecule has 0 bridgehead atoms. The van der Waals surface area contributed by atoms with Crippen molar-refractivity contribution in [2.24, 2.45) is 0 Å². The number of nitrogens with zero attached hydrogens (tertiary/aromatic N) is 1. The number of para-hydroxylation sites is 1. The molecule has 3 rings (SSSR count). The molecule has 0 atom stereocenters. The van der Waals surface area contributed by atoms with Crippen molar-refractivity contribution in [3.05, 3.63) is 53.1 Å². The molecular formula is C23H26N2O7S. The van der Waals surface area contributed by atoms with Gasteiger partial charge in [0.2, 0.25) is 5.88 Å². The number of anilines is 1. The third kappa shape index (κ3) is 5.40. The highest BCUT2D eigenvalue weighted by atomic mass is 32.1. The van der Waals surface area contributed by atoms with Crippen molar-refractivity contribution in [2.45, 2.75) is 13.2 Å². The van der Waals surface area contributed by atoms with Gasteiger partial charge in [-0.15, -0.1) is 0 Å². The van der Waals surface area contributed by atoms with Gasteiger partial charge >= 0.3 is 5.97 Å². The van der Waals surface area contributed by atoms with Crippen LogP contribution in [-0.4, -0.2) is 45.9 Å². The fourth-order valence-corrected chi connectivity index (χ4v) is 3.88. The van der Waals surface area contributed by atoms with E-state index in [9.17, 15) is 4.79 Å². The van der Waals surface area contributed by atoms with Crippen molar-refractivity contribution >= 4 is 22.5 Å². The standard InChI is InChI=1S/C23H26N2O7S/c1-27-16-10-9-14(18(11-16)29-3)12-24-22-19(23(26)31-5)21(25-33-22)32-13-15-7-6-8-17(28-2)20(15)30-4/h6-11,24H,12-13H2,1-5H3. The zero-order chi connectivity index (χ0) is 23.8. The minimum Gasteiger partial charge on any atom is -0.497 e. The zero-order valence-electron chi connectivity index (χ0n) is 19.1. The number of nitrogens with one attached hydrogen (secondary N) is 1. The molecule has 33 heavy (non-hydrogen) atoms. The van der Waals surface area contributed by atoms with Crippen molar-refractivity contribution in [3.63, 3.8) is 0 Å². The van der Waals surface area contributed by atoms with Gasteiger partial charge in [-0.1, -0.05) is 12.1 Å². The molecule has 0 fully saturated rings. The summed E-state index contributed by atoms with van der Waals surface area (Å²) in [6.07, 6.45) is 0. The van der Waals surface area contributed by atoms with Gasteiger partial charge in [0.15, 0.2) is 17.1 Å². The van der Waals surface area contributed by atoms with Crippen LogP contribution >= 0.6 is 11.5 Å². The van der Waals surface area contributed by atoms with Crippen LogP contribution in [0.3, 0.4) is 0 Å². The smallest absolute Gasteiger partial charge is 0.346 e. The van der Waals surface area contributed by atoms with Gasteiger partial charge in [-0.3, -0.25) is 0 Å². The number of rotatable bonds is 11. The van der Waals surface area contributed by atoms with Crippen LogP contribution in [0.2, 0.25) is 0 Å². The number of benzene rings is 2. The second-order valence-corrected chi connectivity index (χ2v) is 7.43. The first-order chi connectivity index (χ1) is 16.1. The first-order valence-corrected chi connectivity index (χ1v) is 10.7. The predicted molar refractivity (Wildman–Crippen MR) is 124 cm³/mol. The third-order valence-electron chi connectivity index (χ3n) is 4.83. The molecule has 2 aromatic carbocycles. The van der Waals surface area contributed by atoms with Gasteiger partial charge in [-0.05, 0) is 29.7 Å². The molecule has 0 amide bonds. The van der Waals surface area contributed by atoms with E-state index in [1.54, 1.807) is 40.6 Å². The molecule has 0 saturated heterocycles. The molecule has 0 spiro atoms. The van der Waals surface area contributed by atoms with E-state index in [0.717, 1.165) is 22.7 Å². The average Bonchev–Trinajstić information content (AvgIpc) is 3.27. The summed E-state index contributed by atoms with van der Waals surface area (Å²) < 4.78 is 36.6. The molecule has 3 aromatic rings. The average molecular weight is 475 g/mol. The van der Waals surface area contributed by atoms with Crippen molar-refractivity contribution in [1.82, 2.24) is 4.37 Å². The number of ether oxygens (including phenoxy) is 6. The lowest BCUT2D eigenvalue weighted by atomic mass is 10.2. The van der Waals surface area contributed by atoms with Crippen molar-refractivity contribution < 1.29 is 33.2 Å². The number of hydrogen-bond acceptors (Lipinski definition) is 10. The number of aromatic nitrogens is 1. The molecule has 1 N–H and O–H groups in total. The van der Waals surface area contributed by atoms with E-state index in [-0.39, 0.29) is 18.1 Å². The molecule has 176 valence electrons. The van der Waals surface area contributed by atoms with Gasteiger partial charge in [0.25, 0.3) is 0 Å². The molecule has 9 nitrogen and oxygen atoms in total. The van der Waals surface area contributed by atoms with E-state index in [2.05, 4.69) is 9.69 Å². The Morgan fingerprint density at radius 1 is 0.939 bits per heavy atom. The van der Waals surface area contributed by atoms with Crippen LogP contribution in [0.25, 0.3) is 0 Å². The third-order valence-corrected chi connectivity index (χ3v) is 5.62. The summed E-state index contributed by atoms with van der Waals surface area (Å²) in [4.78, 5) is 12.5. The summed E-state index contributed by atoms with van der Waals surface area (Å²) in [5.74, 6) is 2.10. The monoisotopic (exact) mass is 474 g/mol. The Morgan fingerprint density at radius 3 is 2.39 bits per heavy atom. The lowest BCUT2D eigenvalue weighted by Crippen LogP contribution is -2.09. The Hall–Kier alpha value is -3.66. The van der Waals surface area contributed by atoms with Gasteiger partial charge in [0.05, 0.1) is 35.5 Å². The maximum atomic E-state index is 12.5. The van der Waals surface area contributed by atoms with Crippen LogP contribution < -0.4 is 29.0 Å². The molecule has 0 aliphatic carbocycles. The molecule has 0 aliphatic heterocycles. The number of carbonyl (C=O) groups is 1. The zero-order valence-corrected chi connectivity index (χ0v) is 19.9. The summed E-state index contributed by atoms with van der Waals surface area (Å²) in [5, 5.41) is 3.75. The first-order valence-electron chi connectivity index (χ1n) is 9.91. The maximum absolute atomic E-state index is 12.5. The van der Waals surface area contributed by atoms with E-state index in [1.807, 2.05) is 24.3 Å². The number of carbonyl (C=O) groups excluding carboxylic acids is 1. The minimum atomic E-state index is -0.555. The quantitative estimate of drug-likeness (QED) is 0.411. The van der Waals surface area contributed by atoms with E-state index in [0.29, 0.717) is 34.5 Å². The van der Waals surface area contributed by atoms with Crippen molar-refractivity contribution in [3.8, 4) is 28.9 Å². The predicted octanol–water partition coefficient (Wildman–Crippen LogP) is 4.16. The normalized spacial score (nSPS) is 10.3. The molecule has 0 unspecified atom stereocenters. The van der Waals surface area contributed by atoms with Crippen molar-refractivity contribution in [2.75, 3.05) is 40.9 Å². The van der Waals surface area contributed by atoms with Crippen LogP contribution in [-0.2, 0) is 17.9 Å². The van der Waals surface area contributed by atoms with E-state index in [4.69, 9.17) is 28.4 Å². The second-order valence-electron chi connectivity index (χ2n) is 6.66. The van der Waals surface area contributed by atoms with E-state index >= 15 is 0 Å². The fraction of sp³-hybridized carbons (Fsp3) is 0.304. The SMILES string of the molecule is COC(=O)c1c(OCc2cccc(OC)c2OC)nsc1NCc1ccc(OC)cc1OC. The van der Waals surface area contributed by atoms with Crippen molar-refractivity contribution in [1.29, 1.82) is 0 Å². The van der Waals surface area contributed by atoms with Crippen LogP contribution in [0.5, 0.6) is 28.9 Å². The van der Waals surface area contributed by atoms with E-state index < -0.39 is 5.97 Å². The minimum absolute atomic E-state index is 0.125. The molecular weight excluding hydrogens is 448 g/mol.